The van der Waals surface area contributed by atoms with Crippen molar-refractivity contribution < 1.29 is 25.2 Å². The van der Waals surface area contributed by atoms with Crippen molar-refractivity contribution >= 4 is 11.8 Å². The minimum atomic E-state index is -1.38. The van der Waals surface area contributed by atoms with Crippen molar-refractivity contribution in [3.63, 3.8) is 0 Å². The number of benzene rings is 2. The van der Waals surface area contributed by atoms with E-state index in [0.29, 0.717) is 6.61 Å². The van der Waals surface area contributed by atoms with E-state index in [9.17, 15) is 20.4 Å². The second kappa shape index (κ2) is 8.61. The maximum Gasteiger partial charge on any atom is 0.168 e. The molecule has 4 N–H and O–H groups in total. The van der Waals surface area contributed by atoms with E-state index in [1.807, 2.05) is 0 Å². The van der Waals surface area contributed by atoms with Gasteiger partial charge < -0.3 is 25.2 Å². The van der Waals surface area contributed by atoms with Crippen molar-refractivity contribution in [1.29, 1.82) is 0 Å². The van der Waals surface area contributed by atoms with Crippen LogP contribution in [0.2, 0.25) is 0 Å². The number of aliphatic hydroxyl groups excluding tert-OH is 4. The van der Waals surface area contributed by atoms with Gasteiger partial charge in [-0.15, -0.1) is 11.8 Å². The van der Waals surface area contributed by atoms with E-state index in [1.165, 1.54) is 22.9 Å². The highest BCUT2D eigenvalue weighted by Gasteiger charge is 2.57. The summed E-state index contributed by atoms with van der Waals surface area (Å²) in [5.74, 6) is 0. The monoisotopic (exact) mass is 430 g/mol. The highest BCUT2D eigenvalue weighted by Crippen LogP contribution is 2.54. The van der Waals surface area contributed by atoms with Crippen LogP contribution in [-0.4, -0.2) is 50.6 Å². The van der Waals surface area contributed by atoms with Gasteiger partial charge in [0.05, 0.1) is 24.6 Å². The Morgan fingerprint density at radius 3 is 2.43 bits per heavy atom. The first-order valence-corrected chi connectivity index (χ1v) is 11.4. The van der Waals surface area contributed by atoms with Crippen molar-refractivity contribution in [3.05, 3.63) is 69.8 Å². The largest absolute Gasteiger partial charge is 0.395 e. The van der Waals surface area contributed by atoms with Crippen LogP contribution in [0.25, 0.3) is 0 Å². The van der Waals surface area contributed by atoms with E-state index in [4.69, 9.17) is 4.74 Å². The number of aryl methyl sites for hydroxylation is 2. The predicted molar refractivity (Wildman–Crippen MR) is 117 cm³/mol. The molecule has 4 rings (SSSR count). The molecular weight excluding hydrogens is 400 g/mol. The van der Waals surface area contributed by atoms with Gasteiger partial charge in [-0.1, -0.05) is 49.7 Å². The highest BCUT2D eigenvalue weighted by molar-refractivity contribution is 8.00. The molecule has 2 aromatic carbocycles. The van der Waals surface area contributed by atoms with Gasteiger partial charge in [-0.25, -0.2) is 0 Å². The first-order valence-electron chi connectivity index (χ1n) is 10.6. The van der Waals surface area contributed by atoms with Crippen LogP contribution in [0.4, 0.5) is 0 Å². The number of rotatable bonds is 5. The lowest BCUT2D eigenvalue weighted by molar-refractivity contribution is -0.147. The molecule has 2 aromatic rings. The maximum absolute atomic E-state index is 10.9. The molecule has 2 heterocycles. The number of hydrogen-bond donors (Lipinski definition) is 4. The highest BCUT2D eigenvalue weighted by atomic mass is 32.2. The van der Waals surface area contributed by atoms with Crippen molar-refractivity contribution in [1.82, 2.24) is 0 Å². The van der Waals surface area contributed by atoms with Crippen LogP contribution in [0.1, 0.15) is 46.7 Å². The molecule has 0 amide bonds. The van der Waals surface area contributed by atoms with Gasteiger partial charge in [0.2, 0.25) is 0 Å². The van der Waals surface area contributed by atoms with Crippen LogP contribution >= 0.6 is 11.8 Å². The molecule has 0 unspecified atom stereocenters. The Bertz CT molecular complexity index is 897. The van der Waals surface area contributed by atoms with Gasteiger partial charge in [0.15, 0.2) is 4.93 Å². The smallest absolute Gasteiger partial charge is 0.168 e. The first-order chi connectivity index (χ1) is 14.4. The molecule has 0 bridgehead atoms. The summed E-state index contributed by atoms with van der Waals surface area (Å²) in [4.78, 5) is -1.19. The van der Waals surface area contributed by atoms with Gasteiger partial charge in [-0.2, -0.15) is 0 Å². The zero-order valence-electron chi connectivity index (χ0n) is 17.4. The van der Waals surface area contributed by atoms with E-state index in [2.05, 4.69) is 50.2 Å². The van der Waals surface area contributed by atoms with E-state index in [0.717, 1.165) is 41.5 Å². The molecule has 5 atom stereocenters. The zero-order chi connectivity index (χ0) is 21.5. The molecule has 1 spiro atoms. The van der Waals surface area contributed by atoms with Crippen LogP contribution in [0.5, 0.6) is 0 Å². The van der Waals surface area contributed by atoms with Crippen LogP contribution in [0.15, 0.2) is 36.4 Å². The van der Waals surface area contributed by atoms with Gasteiger partial charge in [-0.05, 0) is 47.6 Å². The number of ether oxygens (including phenoxy) is 1. The molecule has 6 heteroatoms. The van der Waals surface area contributed by atoms with Crippen LogP contribution in [0, 0.1) is 6.92 Å². The lowest BCUT2D eigenvalue weighted by Crippen LogP contribution is -2.58. The molecule has 1 fully saturated rings. The summed E-state index contributed by atoms with van der Waals surface area (Å²) in [6.07, 6.45) is -0.916. The second-order valence-corrected chi connectivity index (χ2v) is 9.85. The Labute approximate surface area is 181 Å². The van der Waals surface area contributed by atoms with Gasteiger partial charge in [0, 0.05) is 5.56 Å². The van der Waals surface area contributed by atoms with Crippen molar-refractivity contribution in [2.45, 2.75) is 68.2 Å². The van der Waals surface area contributed by atoms with Crippen LogP contribution in [0.3, 0.4) is 0 Å². The predicted octanol–water partition coefficient (Wildman–Crippen LogP) is 2.41. The Morgan fingerprint density at radius 1 is 1.07 bits per heavy atom. The summed E-state index contributed by atoms with van der Waals surface area (Å²) in [6.45, 7) is 4.27. The minimum absolute atomic E-state index is 0.307. The third-order valence-electron chi connectivity index (χ3n) is 6.29. The Kier molecular flexibility index (Phi) is 6.26. The molecular formula is C24H30O5S. The lowest BCUT2D eigenvalue weighted by atomic mass is 9.89. The molecule has 0 aromatic heterocycles. The fourth-order valence-corrected chi connectivity index (χ4v) is 6.07. The average molecular weight is 431 g/mol. The fraction of sp³-hybridized carbons (Fsp3) is 0.500. The van der Waals surface area contributed by atoms with Crippen molar-refractivity contribution in [3.8, 4) is 0 Å². The van der Waals surface area contributed by atoms with Gasteiger partial charge in [0.1, 0.15) is 12.2 Å². The second-order valence-electron chi connectivity index (χ2n) is 8.40. The number of fused-ring (bicyclic) bond motifs is 2. The van der Waals surface area contributed by atoms with Crippen molar-refractivity contribution in [2.24, 2.45) is 0 Å². The number of thioether (sulfide) groups is 1. The third-order valence-corrected chi connectivity index (χ3v) is 7.95. The molecule has 30 heavy (non-hydrogen) atoms. The number of aliphatic hydroxyl groups is 4. The summed E-state index contributed by atoms with van der Waals surface area (Å²) < 4.78 is 6.05. The van der Waals surface area contributed by atoms with Gasteiger partial charge in [0.25, 0.3) is 0 Å². The van der Waals surface area contributed by atoms with Gasteiger partial charge >= 0.3 is 0 Å². The quantitative estimate of drug-likeness (QED) is 0.583. The lowest BCUT2D eigenvalue weighted by Gasteiger charge is -2.45. The average Bonchev–Trinajstić information content (AvgIpc) is 3.09. The molecule has 0 saturated carbocycles. The topological polar surface area (TPSA) is 90.2 Å². The summed E-state index contributed by atoms with van der Waals surface area (Å²) in [5.41, 5.74) is 6.64. The molecule has 5 nitrogen and oxygen atoms in total. The Hall–Kier alpha value is -1.41. The molecule has 0 aliphatic carbocycles. The molecule has 1 saturated heterocycles. The Balaban J connectivity index is 1.67. The number of hydrogen-bond acceptors (Lipinski definition) is 6. The van der Waals surface area contributed by atoms with Crippen LogP contribution < -0.4 is 0 Å². The third kappa shape index (κ3) is 3.70. The molecule has 162 valence electrons. The summed E-state index contributed by atoms with van der Waals surface area (Å²) >= 11 is 1.20. The first kappa shape index (κ1) is 21.8. The van der Waals surface area contributed by atoms with Crippen LogP contribution in [-0.2, 0) is 29.1 Å². The summed E-state index contributed by atoms with van der Waals surface area (Å²) in [6, 6.07) is 12.8. The van der Waals surface area contributed by atoms with E-state index >= 15 is 0 Å². The SMILES string of the molecule is CCCc1ccc(Cc2cc3c(cc2C)CO[C@]32S[C@H](CO)[C@@H](O)[C@H](O)[C@H]2O)cc1. The Morgan fingerprint density at radius 2 is 1.77 bits per heavy atom. The van der Waals surface area contributed by atoms with E-state index in [-0.39, 0.29) is 6.61 Å². The molecule has 0 radical (unpaired) electrons. The zero-order valence-corrected chi connectivity index (χ0v) is 18.2. The summed E-state index contributed by atoms with van der Waals surface area (Å²) in [5, 5.41) is 40.5. The van der Waals surface area contributed by atoms with E-state index in [1.54, 1.807) is 0 Å². The summed E-state index contributed by atoms with van der Waals surface area (Å²) in [7, 11) is 0. The maximum atomic E-state index is 10.9. The fourth-order valence-electron chi connectivity index (χ4n) is 4.53. The molecule has 2 aliphatic rings. The van der Waals surface area contributed by atoms with Gasteiger partial charge in [-0.3, -0.25) is 0 Å². The normalized spacial score (nSPS) is 30.6. The molecule has 2 aliphatic heterocycles. The minimum Gasteiger partial charge on any atom is -0.395 e. The van der Waals surface area contributed by atoms with E-state index < -0.39 is 28.5 Å². The standard InChI is InChI=1S/C24H30O5S/c1-3-4-15-5-7-16(8-6-15)10-17-11-19-18(9-14(17)2)13-29-24(19)23(28)22(27)21(26)20(12-25)30-24/h5-9,11,20-23,25-28H,3-4,10,12-13H2,1-2H3/t20-,21-,22+,23-,24+/m1/s1. The van der Waals surface area contributed by atoms with Crippen molar-refractivity contribution in [2.75, 3.05) is 6.61 Å².